The van der Waals surface area contributed by atoms with Gasteiger partial charge < -0.3 is 5.32 Å². The zero-order valence-electron chi connectivity index (χ0n) is 14.5. The van der Waals surface area contributed by atoms with Gasteiger partial charge in [0.15, 0.2) is 0 Å². The van der Waals surface area contributed by atoms with Crippen LogP contribution in [0.2, 0.25) is 0 Å². The Morgan fingerprint density at radius 2 is 1.88 bits per heavy atom. The summed E-state index contributed by atoms with van der Waals surface area (Å²) in [6.45, 7) is 4.18. The number of carbonyl (C=O) groups is 2. The number of fused-ring (bicyclic) bond motifs is 2. The summed E-state index contributed by atoms with van der Waals surface area (Å²) >= 11 is 0. The Bertz CT molecular complexity index is 629. The summed E-state index contributed by atoms with van der Waals surface area (Å²) in [5.41, 5.74) is 8.28. The van der Waals surface area contributed by atoms with E-state index < -0.39 is 0 Å². The third-order valence-corrected chi connectivity index (χ3v) is 5.49. The molecule has 2 amide bonds. The molecule has 0 unspecified atom stereocenters. The summed E-state index contributed by atoms with van der Waals surface area (Å²) in [4.78, 5) is 23.9. The topological polar surface area (TPSA) is 70.2 Å². The molecule has 0 heterocycles. The number of anilines is 1. The fourth-order valence-corrected chi connectivity index (χ4v) is 4.29. The molecule has 5 nitrogen and oxygen atoms in total. The summed E-state index contributed by atoms with van der Waals surface area (Å²) in [6.07, 6.45) is 5.62. The quantitative estimate of drug-likeness (QED) is 0.728. The number of nitrogens with one attached hydrogen (secondary N) is 3. The van der Waals surface area contributed by atoms with Gasteiger partial charge in [0.1, 0.15) is 0 Å². The molecule has 24 heavy (non-hydrogen) atoms. The Morgan fingerprint density at radius 1 is 1.08 bits per heavy atom. The van der Waals surface area contributed by atoms with E-state index in [1.165, 1.54) is 31.2 Å². The standard InChI is InChI=1S/C19H27N3O2/c1-12-3-6-17(13(2)7-12)20-11-19(24)22-21-18(23)10-16-9-14-4-5-15(16)8-14/h3,6-7,14-16,20H,4-5,8-11H2,1-2H3,(H,21,23)(H,22,24)/t14-,15+,16+/m0/s1. The van der Waals surface area contributed by atoms with E-state index in [0.29, 0.717) is 12.3 Å². The van der Waals surface area contributed by atoms with Gasteiger partial charge >= 0.3 is 0 Å². The molecule has 2 aliphatic rings. The van der Waals surface area contributed by atoms with Crippen LogP contribution in [-0.2, 0) is 9.59 Å². The van der Waals surface area contributed by atoms with Crippen LogP contribution in [0.5, 0.6) is 0 Å². The molecule has 0 spiro atoms. The van der Waals surface area contributed by atoms with E-state index in [0.717, 1.165) is 23.1 Å². The van der Waals surface area contributed by atoms with Gasteiger partial charge in [0.05, 0.1) is 6.54 Å². The van der Waals surface area contributed by atoms with Crippen LogP contribution >= 0.6 is 0 Å². The van der Waals surface area contributed by atoms with Gasteiger partial charge in [-0.15, -0.1) is 0 Å². The molecule has 0 saturated heterocycles. The minimum Gasteiger partial charge on any atom is -0.376 e. The lowest BCUT2D eigenvalue weighted by atomic mass is 9.86. The number of hydrogen-bond acceptors (Lipinski definition) is 3. The zero-order valence-corrected chi connectivity index (χ0v) is 14.5. The largest absolute Gasteiger partial charge is 0.376 e. The summed E-state index contributed by atoms with van der Waals surface area (Å²) in [7, 11) is 0. The van der Waals surface area contributed by atoms with Crippen LogP contribution in [0.3, 0.4) is 0 Å². The number of amides is 2. The average molecular weight is 329 g/mol. The SMILES string of the molecule is Cc1ccc(NCC(=O)NNC(=O)C[C@H]2C[C@H]3CC[C@@H]2C3)c(C)c1. The average Bonchev–Trinajstić information content (AvgIpc) is 3.15. The first-order valence-corrected chi connectivity index (χ1v) is 8.90. The lowest BCUT2D eigenvalue weighted by molar-refractivity contribution is -0.128. The summed E-state index contributed by atoms with van der Waals surface area (Å²) in [5, 5.41) is 3.10. The van der Waals surface area contributed by atoms with Crippen molar-refractivity contribution in [3.63, 3.8) is 0 Å². The van der Waals surface area contributed by atoms with Gasteiger partial charge in [0, 0.05) is 12.1 Å². The van der Waals surface area contributed by atoms with Gasteiger partial charge in [-0.3, -0.25) is 20.4 Å². The lowest BCUT2D eigenvalue weighted by Gasteiger charge is -2.21. The van der Waals surface area contributed by atoms with Crippen LogP contribution in [0.1, 0.15) is 43.2 Å². The van der Waals surface area contributed by atoms with Crippen LogP contribution < -0.4 is 16.2 Å². The molecule has 1 aromatic rings. The molecule has 2 fully saturated rings. The van der Waals surface area contributed by atoms with E-state index >= 15 is 0 Å². The van der Waals surface area contributed by atoms with E-state index in [4.69, 9.17) is 0 Å². The molecule has 0 radical (unpaired) electrons. The molecule has 130 valence electrons. The highest BCUT2D eigenvalue weighted by Gasteiger charge is 2.40. The lowest BCUT2D eigenvalue weighted by Crippen LogP contribution is -2.44. The van der Waals surface area contributed by atoms with Crippen molar-refractivity contribution in [1.82, 2.24) is 10.9 Å². The first-order valence-electron chi connectivity index (χ1n) is 8.90. The second-order valence-electron chi connectivity index (χ2n) is 7.41. The third kappa shape index (κ3) is 4.08. The summed E-state index contributed by atoms with van der Waals surface area (Å²) in [6, 6.07) is 6.04. The van der Waals surface area contributed by atoms with E-state index in [1.54, 1.807) is 0 Å². The fraction of sp³-hybridized carbons (Fsp3) is 0.579. The molecule has 2 bridgehead atoms. The Kier molecular flexibility index (Phi) is 5.07. The van der Waals surface area contributed by atoms with E-state index in [1.807, 2.05) is 26.0 Å². The van der Waals surface area contributed by atoms with Crippen molar-refractivity contribution in [2.75, 3.05) is 11.9 Å². The Balaban J connectivity index is 1.37. The molecule has 0 aliphatic heterocycles. The van der Waals surface area contributed by atoms with E-state index in [-0.39, 0.29) is 18.4 Å². The number of benzene rings is 1. The molecule has 2 aliphatic carbocycles. The number of carbonyl (C=O) groups excluding carboxylic acids is 2. The predicted molar refractivity (Wildman–Crippen MR) is 94.2 cm³/mol. The Hall–Kier alpha value is -2.04. The molecular formula is C19H27N3O2. The monoisotopic (exact) mass is 329 g/mol. The second kappa shape index (κ2) is 7.24. The number of hydrazine groups is 1. The highest BCUT2D eigenvalue weighted by molar-refractivity contribution is 5.84. The highest BCUT2D eigenvalue weighted by atomic mass is 16.2. The minimum absolute atomic E-state index is 0.0765. The predicted octanol–water partition coefficient (Wildman–Crippen LogP) is 2.69. The molecule has 0 aromatic heterocycles. The number of rotatable bonds is 5. The number of hydrogen-bond donors (Lipinski definition) is 3. The van der Waals surface area contributed by atoms with Gasteiger partial charge in [0.25, 0.3) is 5.91 Å². The summed E-state index contributed by atoms with van der Waals surface area (Å²) in [5.74, 6) is 1.75. The van der Waals surface area contributed by atoms with Gasteiger partial charge in [-0.1, -0.05) is 24.1 Å². The van der Waals surface area contributed by atoms with Crippen molar-refractivity contribution in [2.45, 2.75) is 46.0 Å². The van der Waals surface area contributed by atoms with Gasteiger partial charge in [0.2, 0.25) is 5.91 Å². The van der Waals surface area contributed by atoms with Gasteiger partial charge in [-0.25, -0.2) is 0 Å². The maximum atomic E-state index is 12.0. The Labute approximate surface area is 143 Å². The highest BCUT2D eigenvalue weighted by Crippen LogP contribution is 2.49. The smallest absolute Gasteiger partial charge is 0.257 e. The molecule has 3 atom stereocenters. The van der Waals surface area contributed by atoms with Crippen molar-refractivity contribution in [1.29, 1.82) is 0 Å². The fourth-order valence-electron chi connectivity index (χ4n) is 4.29. The van der Waals surface area contributed by atoms with Crippen molar-refractivity contribution in [3.8, 4) is 0 Å². The van der Waals surface area contributed by atoms with Crippen LogP contribution in [0.25, 0.3) is 0 Å². The second-order valence-corrected chi connectivity index (χ2v) is 7.41. The van der Waals surface area contributed by atoms with E-state index in [9.17, 15) is 9.59 Å². The molecule has 2 saturated carbocycles. The third-order valence-electron chi connectivity index (χ3n) is 5.49. The molecule has 1 aromatic carbocycles. The number of aryl methyl sites for hydroxylation is 2. The molecular weight excluding hydrogens is 302 g/mol. The summed E-state index contributed by atoms with van der Waals surface area (Å²) < 4.78 is 0. The van der Waals surface area contributed by atoms with Crippen LogP contribution in [0.15, 0.2) is 18.2 Å². The van der Waals surface area contributed by atoms with Gasteiger partial charge in [-0.2, -0.15) is 0 Å². The van der Waals surface area contributed by atoms with Crippen LogP contribution in [0, 0.1) is 31.6 Å². The van der Waals surface area contributed by atoms with Gasteiger partial charge in [-0.05, 0) is 62.5 Å². The zero-order chi connectivity index (χ0) is 17.1. The first-order chi connectivity index (χ1) is 11.5. The first kappa shape index (κ1) is 16.8. The molecule has 5 heteroatoms. The molecule has 3 rings (SSSR count). The van der Waals surface area contributed by atoms with Crippen LogP contribution in [-0.4, -0.2) is 18.4 Å². The van der Waals surface area contributed by atoms with Crippen molar-refractivity contribution in [2.24, 2.45) is 17.8 Å². The van der Waals surface area contributed by atoms with Crippen molar-refractivity contribution >= 4 is 17.5 Å². The van der Waals surface area contributed by atoms with Crippen molar-refractivity contribution in [3.05, 3.63) is 29.3 Å². The van der Waals surface area contributed by atoms with Crippen LogP contribution in [0.4, 0.5) is 5.69 Å². The van der Waals surface area contributed by atoms with E-state index in [2.05, 4.69) is 22.2 Å². The minimum atomic E-state index is -0.240. The maximum absolute atomic E-state index is 12.0. The molecule has 3 N–H and O–H groups in total. The Morgan fingerprint density at radius 3 is 2.54 bits per heavy atom. The normalized spacial score (nSPS) is 24.7. The maximum Gasteiger partial charge on any atom is 0.257 e. The van der Waals surface area contributed by atoms with Crippen molar-refractivity contribution < 1.29 is 9.59 Å².